The Kier molecular flexibility index (Phi) is 4.23. The molecule has 3 aromatic rings. The van der Waals surface area contributed by atoms with Gasteiger partial charge in [0.25, 0.3) is 5.89 Å². The van der Waals surface area contributed by atoms with Crippen molar-refractivity contribution in [3.05, 3.63) is 59.7 Å². The SMILES string of the molecule is COc1ccc(-c2nc(COc3ccc(F)cc3C)no2)cc1. The van der Waals surface area contributed by atoms with Crippen LogP contribution >= 0.6 is 0 Å². The molecule has 0 saturated carbocycles. The predicted octanol–water partition coefficient (Wildman–Crippen LogP) is 3.77. The summed E-state index contributed by atoms with van der Waals surface area (Å²) in [5.41, 5.74) is 1.51. The lowest BCUT2D eigenvalue weighted by atomic mass is 10.2. The first kappa shape index (κ1) is 15.0. The van der Waals surface area contributed by atoms with Crippen LogP contribution in [-0.2, 0) is 6.61 Å². The van der Waals surface area contributed by atoms with Gasteiger partial charge in [0.1, 0.15) is 17.3 Å². The number of hydrogen-bond donors (Lipinski definition) is 0. The van der Waals surface area contributed by atoms with Crippen LogP contribution in [0.2, 0.25) is 0 Å². The smallest absolute Gasteiger partial charge is 0.258 e. The van der Waals surface area contributed by atoms with Crippen molar-refractivity contribution in [1.29, 1.82) is 0 Å². The number of aromatic nitrogens is 2. The average molecular weight is 314 g/mol. The van der Waals surface area contributed by atoms with Crippen LogP contribution in [0.3, 0.4) is 0 Å². The second-order valence-electron chi connectivity index (χ2n) is 4.94. The van der Waals surface area contributed by atoms with Crippen molar-refractivity contribution in [1.82, 2.24) is 10.1 Å². The Morgan fingerprint density at radius 3 is 2.61 bits per heavy atom. The van der Waals surface area contributed by atoms with Gasteiger partial charge in [-0.25, -0.2) is 4.39 Å². The van der Waals surface area contributed by atoms with Crippen LogP contribution in [0.1, 0.15) is 11.4 Å². The number of ether oxygens (including phenoxy) is 2. The molecule has 0 bridgehead atoms. The molecular weight excluding hydrogens is 299 g/mol. The van der Waals surface area contributed by atoms with Crippen LogP contribution in [0.4, 0.5) is 4.39 Å². The van der Waals surface area contributed by atoms with Crippen LogP contribution in [-0.4, -0.2) is 17.3 Å². The summed E-state index contributed by atoms with van der Waals surface area (Å²) in [6.07, 6.45) is 0. The zero-order valence-electron chi connectivity index (χ0n) is 12.7. The first-order valence-corrected chi connectivity index (χ1v) is 7.01. The summed E-state index contributed by atoms with van der Waals surface area (Å²) >= 11 is 0. The molecule has 5 nitrogen and oxygen atoms in total. The fraction of sp³-hybridized carbons (Fsp3) is 0.176. The van der Waals surface area contributed by atoms with Crippen LogP contribution in [0, 0.1) is 12.7 Å². The van der Waals surface area contributed by atoms with Gasteiger partial charge < -0.3 is 14.0 Å². The van der Waals surface area contributed by atoms with E-state index in [0.717, 1.165) is 11.3 Å². The van der Waals surface area contributed by atoms with E-state index in [1.165, 1.54) is 12.1 Å². The van der Waals surface area contributed by atoms with Gasteiger partial charge in [-0.1, -0.05) is 5.16 Å². The molecule has 0 unspecified atom stereocenters. The van der Waals surface area contributed by atoms with Crippen molar-refractivity contribution in [3.63, 3.8) is 0 Å². The first-order valence-electron chi connectivity index (χ1n) is 7.01. The lowest BCUT2D eigenvalue weighted by molar-refractivity contribution is 0.285. The number of hydrogen-bond acceptors (Lipinski definition) is 5. The van der Waals surface area contributed by atoms with Crippen LogP contribution in [0.25, 0.3) is 11.5 Å². The molecule has 1 heterocycles. The third kappa shape index (κ3) is 3.48. The Morgan fingerprint density at radius 1 is 1.13 bits per heavy atom. The molecule has 2 aromatic carbocycles. The average Bonchev–Trinajstić information content (AvgIpc) is 3.03. The van der Waals surface area contributed by atoms with Crippen LogP contribution < -0.4 is 9.47 Å². The van der Waals surface area contributed by atoms with Crippen LogP contribution in [0.15, 0.2) is 47.0 Å². The number of methoxy groups -OCH3 is 1. The van der Waals surface area contributed by atoms with Gasteiger partial charge >= 0.3 is 0 Å². The summed E-state index contributed by atoms with van der Waals surface area (Å²) in [5, 5.41) is 3.88. The third-order valence-electron chi connectivity index (χ3n) is 3.30. The molecule has 0 saturated heterocycles. The number of aryl methyl sites for hydroxylation is 1. The van der Waals surface area contributed by atoms with Gasteiger partial charge in [0.15, 0.2) is 6.61 Å². The molecule has 118 valence electrons. The van der Waals surface area contributed by atoms with Crippen molar-refractivity contribution in [2.24, 2.45) is 0 Å². The molecule has 0 aliphatic carbocycles. The van der Waals surface area contributed by atoms with E-state index >= 15 is 0 Å². The Bertz CT molecular complexity index is 800. The molecule has 0 aliphatic heterocycles. The second-order valence-corrected chi connectivity index (χ2v) is 4.94. The van der Waals surface area contributed by atoms with E-state index in [0.29, 0.717) is 23.0 Å². The number of rotatable bonds is 5. The minimum atomic E-state index is -0.295. The molecule has 0 atom stereocenters. The van der Waals surface area contributed by atoms with Crippen molar-refractivity contribution >= 4 is 0 Å². The minimum absolute atomic E-state index is 0.145. The van der Waals surface area contributed by atoms with Crippen LogP contribution in [0.5, 0.6) is 11.5 Å². The lowest BCUT2D eigenvalue weighted by Crippen LogP contribution is -1.99. The Morgan fingerprint density at radius 2 is 1.91 bits per heavy atom. The molecule has 0 radical (unpaired) electrons. The molecule has 0 fully saturated rings. The Labute approximate surface area is 132 Å². The van der Waals surface area contributed by atoms with Gasteiger partial charge in [0.2, 0.25) is 5.82 Å². The standard InChI is InChI=1S/C17H15FN2O3/c1-11-9-13(18)5-8-15(11)22-10-16-19-17(23-20-16)12-3-6-14(21-2)7-4-12/h3-9H,10H2,1-2H3. The van der Waals surface area contributed by atoms with E-state index in [9.17, 15) is 4.39 Å². The maximum atomic E-state index is 13.1. The Balaban J connectivity index is 1.69. The molecule has 6 heteroatoms. The van der Waals surface area contributed by atoms with Gasteiger partial charge in [-0.05, 0) is 55.0 Å². The summed E-state index contributed by atoms with van der Waals surface area (Å²) < 4.78 is 29.0. The molecule has 0 amide bonds. The van der Waals surface area contributed by atoms with E-state index in [1.807, 2.05) is 24.3 Å². The summed E-state index contributed by atoms with van der Waals surface area (Å²) in [4.78, 5) is 4.28. The summed E-state index contributed by atoms with van der Waals surface area (Å²) in [5.74, 6) is 1.86. The van der Waals surface area contributed by atoms with Crippen molar-refractivity contribution < 1.29 is 18.4 Å². The minimum Gasteiger partial charge on any atom is -0.497 e. The summed E-state index contributed by atoms with van der Waals surface area (Å²) in [6.45, 7) is 1.92. The van der Waals surface area contributed by atoms with Crippen molar-refractivity contribution in [2.75, 3.05) is 7.11 Å². The van der Waals surface area contributed by atoms with E-state index in [2.05, 4.69) is 10.1 Å². The highest BCUT2D eigenvalue weighted by atomic mass is 19.1. The number of benzene rings is 2. The quantitative estimate of drug-likeness (QED) is 0.717. The first-order chi connectivity index (χ1) is 11.2. The fourth-order valence-electron chi connectivity index (χ4n) is 2.08. The fourth-order valence-corrected chi connectivity index (χ4v) is 2.08. The second kappa shape index (κ2) is 6.48. The van der Waals surface area contributed by atoms with E-state index in [-0.39, 0.29) is 12.4 Å². The van der Waals surface area contributed by atoms with E-state index in [4.69, 9.17) is 14.0 Å². The monoisotopic (exact) mass is 314 g/mol. The highest BCUT2D eigenvalue weighted by Gasteiger charge is 2.10. The highest BCUT2D eigenvalue weighted by molar-refractivity contribution is 5.54. The van der Waals surface area contributed by atoms with Gasteiger partial charge in [0, 0.05) is 5.56 Å². The molecule has 3 rings (SSSR count). The topological polar surface area (TPSA) is 57.4 Å². The van der Waals surface area contributed by atoms with E-state index in [1.54, 1.807) is 20.1 Å². The lowest BCUT2D eigenvalue weighted by Gasteiger charge is -2.06. The number of nitrogens with zero attached hydrogens (tertiary/aromatic N) is 2. The number of halogens is 1. The maximum absolute atomic E-state index is 13.1. The van der Waals surface area contributed by atoms with Gasteiger partial charge in [0.05, 0.1) is 7.11 Å². The van der Waals surface area contributed by atoms with Gasteiger partial charge in [-0.3, -0.25) is 0 Å². The normalized spacial score (nSPS) is 10.6. The molecule has 0 aliphatic rings. The zero-order valence-corrected chi connectivity index (χ0v) is 12.7. The molecule has 0 spiro atoms. The maximum Gasteiger partial charge on any atom is 0.258 e. The third-order valence-corrected chi connectivity index (χ3v) is 3.30. The van der Waals surface area contributed by atoms with Gasteiger partial charge in [-0.2, -0.15) is 4.98 Å². The highest BCUT2D eigenvalue weighted by Crippen LogP contribution is 2.22. The predicted molar refractivity (Wildman–Crippen MR) is 81.8 cm³/mol. The molecule has 1 aromatic heterocycles. The zero-order chi connectivity index (χ0) is 16.2. The van der Waals surface area contributed by atoms with Crippen molar-refractivity contribution in [2.45, 2.75) is 13.5 Å². The summed E-state index contributed by atoms with van der Waals surface area (Å²) in [6, 6.07) is 11.6. The van der Waals surface area contributed by atoms with E-state index < -0.39 is 0 Å². The Hall–Kier alpha value is -2.89. The molecule has 0 N–H and O–H groups in total. The van der Waals surface area contributed by atoms with Crippen molar-refractivity contribution in [3.8, 4) is 23.0 Å². The molecular formula is C17H15FN2O3. The largest absolute Gasteiger partial charge is 0.497 e. The van der Waals surface area contributed by atoms with Gasteiger partial charge in [-0.15, -0.1) is 0 Å². The summed E-state index contributed by atoms with van der Waals surface area (Å²) in [7, 11) is 1.61. The molecule has 23 heavy (non-hydrogen) atoms.